The average molecular weight is 355 g/mol. The fourth-order valence-electron chi connectivity index (χ4n) is 3.00. The topological polar surface area (TPSA) is 79.4 Å². The van der Waals surface area contributed by atoms with Crippen LogP contribution in [0.4, 0.5) is 5.95 Å². The molecular weight excluding hydrogens is 324 g/mol. The van der Waals surface area contributed by atoms with Crippen LogP contribution in [-0.4, -0.2) is 46.9 Å². The lowest BCUT2D eigenvalue weighted by Crippen LogP contribution is -2.24. The van der Waals surface area contributed by atoms with Gasteiger partial charge in [-0.05, 0) is 59.3 Å². The highest BCUT2D eigenvalue weighted by atomic mass is 15.1. The summed E-state index contributed by atoms with van der Waals surface area (Å²) in [6.45, 7) is 10.2. The lowest BCUT2D eigenvalue weighted by molar-refractivity contribution is 0.348. The van der Waals surface area contributed by atoms with Crippen molar-refractivity contribution in [1.29, 1.82) is 0 Å². The van der Waals surface area contributed by atoms with E-state index in [9.17, 15) is 0 Å². The van der Waals surface area contributed by atoms with Gasteiger partial charge in [0.15, 0.2) is 0 Å². The maximum Gasteiger partial charge on any atom is 0.223 e. The molecule has 1 aliphatic rings. The Morgan fingerprint density at radius 3 is 2.92 bits per heavy atom. The van der Waals surface area contributed by atoms with Crippen LogP contribution in [0.3, 0.4) is 0 Å². The Morgan fingerprint density at radius 2 is 2.19 bits per heavy atom. The number of amidine groups is 1. The second-order valence-corrected chi connectivity index (χ2v) is 6.52. The molecule has 1 atom stereocenters. The van der Waals surface area contributed by atoms with Crippen LogP contribution in [-0.2, 0) is 0 Å². The van der Waals surface area contributed by atoms with Crippen LogP contribution in [0.15, 0.2) is 47.8 Å². The third kappa shape index (κ3) is 5.52. The molecule has 0 aromatic carbocycles. The van der Waals surface area contributed by atoms with Gasteiger partial charge in [-0.25, -0.2) is 15.0 Å². The van der Waals surface area contributed by atoms with Crippen LogP contribution >= 0.6 is 0 Å². The third-order valence-electron chi connectivity index (χ3n) is 4.50. The highest BCUT2D eigenvalue weighted by Crippen LogP contribution is 2.21. The van der Waals surface area contributed by atoms with E-state index in [0.29, 0.717) is 17.8 Å². The summed E-state index contributed by atoms with van der Waals surface area (Å²) in [5.41, 5.74) is 8.35. The first-order valence-electron chi connectivity index (χ1n) is 9.14. The number of anilines is 1. The largest absolute Gasteiger partial charge is 0.383 e. The zero-order valence-electron chi connectivity index (χ0n) is 16.1. The highest BCUT2D eigenvalue weighted by molar-refractivity contribution is 6.10. The van der Waals surface area contributed by atoms with E-state index in [4.69, 9.17) is 5.73 Å². The van der Waals surface area contributed by atoms with Gasteiger partial charge in [0.25, 0.3) is 0 Å². The van der Waals surface area contributed by atoms with Gasteiger partial charge in [0, 0.05) is 29.6 Å². The standard InChI is InChI=1S/C20H30N6/c1-5-11-22-19(21)17(6-2)15(3)18-9-12-23-20(25-18)24-16-8-7-13-26(4)14-10-16/h5-6,9,11-12,16H,3,7-8,10,13-14H2,1-2,4H3,(H2,21,22)(H,23,24,25)/b11-5-,17-6-. The van der Waals surface area contributed by atoms with Crippen LogP contribution < -0.4 is 11.1 Å². The molecule has 6 nitrogen and oxygen atoms in total. The van der Waals surface area contributed by atoms with Gasteiger partial charge in [-0.2, -0.15) is 0 Å². The number of aliphatic imine (C=N–C) groups is 1. The molecular formula is C20H30N6. The minimum Gasteiger partial charge on any atom is -0.383 e. The number of nitrogens with zero attached hydrogens (tertiary/aromatic N) is 4. The number of aromatic nitrogens is 2. The fraction of sp³-hybridized carbons (Fsp3) is 0.450. The van der Waals surface area contributed by atoms with Gasteiger partial charge in [0.1, 0.15) is 5.84 Å². The van der Waals surface area contributed by atoms with E-state index in [-0.39, 0.29) is 0 Å². The second-order valence-electron chi connectivity index (χ2n) is 6.52. The van der Waals surface area contributed by atoms with Crippen LogP contribution in [0, 0.1) is 0 Å². The van der Waals surface area contributed by atoms with Crippen molar-refractivity contribution in [2.24, 2.45) is 10.7 Å². The van der Waals surface area contributed by atoms with Crippen LogP contribution in [0.1, 0.15) is 38.8 Å². The summed E-state index contributed by atoms with van der Waals surface area (Å²) in [4.78, 5) is 15.6. The SMILES string of the molecule is C=C(C(=C/C)/C(N)=N\C=C/C)c1ccnc(NC2CCCN(C)CC2)n1. The molecule has 1 aromatic rings. The molecule has 0 radical (unpaired) electrons. The second kappa shape index (κ2) is 9.87. The molecule has 0 saturated carbocycles. The predicted molar refractivity (Wildman–Crippen MR) is 110 cm³/mol. The Labute approximate surface area is 156 Å². The van der Waals surface area contributed by atoms with Crippen molar-refractivity contribution in [1.82, 2.24) is 14.9 Å². The van der Waals surface area contributed by atoms with Crippen LogP contribution in [0.5, 0.6) is 0 Å². The van der Waals surface area contributed by atoms with E-state index in [0.717, 1.165) is 42.8 Å². The Morgan fingerprint density at radius 1 is 1.38 bits per heavy atom. The zero-order valence-corrected chi connectivity index (χ0v) is 16.1. The first-order chi connectivity index (χ1) is 12.5. The Bertz CT molecular complexity index is 704. The zero-order chi connectivity index (χ0) is 18.9. The summed E-state index contributed by atoms with van der Waals surface area (Å²) in [7, 11) is 2.17. The molecule has 3 N–H and O–H groups in total. The number of hydrogen-bond acceptors (Lipinski definition) is 5. The van der Waals surface area contributed by atoms with Gasteiger partial charge >= 0.3 is 0 Å². The quantitative estimate of drug-likeness (QED) is 0.466. The molecule has 26 heavy (non-hydrogen) atoms. The van der Waals surface area contributed by atoms with Gasteiger partial charge < -0.3 is 16.0 Å². The molecule has 1 fully saturated rings. The number of rotatable bonds is 6. The Balaban J connectivity index is 2.13. The molecule has 0 aliphatic carbocycles. The number of allylic oxidation sites excluding steroid dienone is 2. The van der Waals surface area contributed by atoms with Gasteiger partial charge in [-0.3, -0.25) is 0 Å². The van der Waals surface area contributed by atoms with Crippen molar-refractivity contribution in [3.05, 3.63) is 48.5 Å². The normalized spacial score (nSPS) is 20.2. The van der Waals surface area contributed by atoms with E-state index in [1.807, 2.05) is 32.1 Å². The summed E-state index contributed by atoms with van der Waals surface area (Å²) in [5, 5.41) is 3.48. The summed E-state index contributed by atoms with van der Waals surface area (Å²) in [5.74, 6) is 1.06. The molecule has 0 amide bonds. The first-order valence-corrected chi connectivity index (χ1v) is 9.14. The maximum absolute atomic E-state index is 6.08. The van der Waals surface area contributed by atoms with Gasteiger partial charge in [-0.15, -0.1) is 0 Å². The van der Waals surface area contributed by atoms with Gasteiger partial charge in [0.2, 0.25) is 5.95 Å². The minimum absolute atomic E-state index is 0.394. The smallest absolute Gasteiger partial charge is 0.223 e. The number of nitrogens with two attached hydrogens (primary N) is 1. The third-order valence-corrected chi connectivity index (χ3v) is 4.50. The molecule has 1 unspecified atom stereocenters. The Kier molecular flexibility index (Phi) is 7.53. The van der Waals surface area contributed by atoms with Crippen molar-refractivity contribution in [2.45, 2.75) is 39.2 Å². The average Bonchev–Trinajstić information content (AvgIpc) is 2.85. The summed E-state index contributed by atoms with van der Waals surface area (Å²) in [6.07, 6.45) is 10.6. The van der Waals surface area contributed by atoms with Crippen LogP contribution in [0.25, 0.3) is 5.57 Å². The molecule has 1 aliphatic heterocycles. The van der Waals surface area contributed by atoms with Crippen molar-refractivity contribution < 1.29 is 0 Å². The first kappa shape index (κ1) is 19.8. The molecule has 2 heterocycles. The highest BCUT2D eigenvalue weighted by Gasteiger charge is 2.16. The molecule has 2 rings (SSSR count). The number of nitrogens with one attached hydrogen (secondary N) is 1. The molecule has 0 bridgehead atoms. The predicted octanol–water partition coefficient (Wildman–Crippen LogP) is 3.22. The van der Waals surface area contributed by atoms with E-state index in [2.05, 4.69) is 38.8 Å². The molecule has 1 saturated heterocycles. The Hall–Kier alpha value is -2.47. The van der Waals surface area contributed by atoms with E-state index >= 15 is 0 Å². The molecule has 1 aromatic heterocycles. The monoisotopic (exact) mass is 354 g/mol. The van der Waals surface area contributed by atoms with Crippen molar-refractivity contribution in [2.75, 3.05) is 25.5 Å². The number of hydrogen-bond donors (Lipinski definition) is 2. The molecule has 140 valence electrons. The van der Waals surface area contributed by atoms with Crippen molar-refractivity contribution >= 4 is 17.4 Å². The van der Waals surface area contributed by atoms with Gasteiger partial charge in [0.05, 0.1) is 5.69 Å². The van der Waals surface area contributed by atoms with E-state index in [1.165, 1.54) is 6.42 Å². The maximum atomic E-state index is 6.08. The van der Waals surface area contributed by atoms with E-state index < -0.39 is 0 Å². The fourth-order valence-corrected chi connectivity index (χ4v) is 3.00. The van der Waals surface area contributed by atoms with Crippen LogP contribution in [0.2, 0.25) is 0 Å². The lowest BCUT2D eigenvalue weighted by atomic mass is 10.0. The molecule has 6 heteroatoms. The lowest BCUT2D eigenvalue weighted by Gasteiger charge is -2.17. The van der Waals surface area contributed by atoms with E-state index in [1.54, 1.807) is 12.4 Å². The minimum atomic E-state index is 0.394. The summed E-state index contributed by atoms with van der Waals surface area (Å²) in [6, 6.07) is 2.24. The molecule has 0 spiro atoms. The van der Waals surface area contributed by atoms with Crippen molar-refractivity contribution in [3.8, 4) is 0 Å². The van der Waals surface area contributed by atoms with Crippen molar-refractivity contribution in [3.63, 3.8) is 0 Å². The summed E-state index contributed by atoms with van der Waals surface area (Å²) < 4.78 is 0. The van der Waals surface area contributed by atoms with Gasteiger partial charge in [-0.1, -0.05) is 18.7 Å². The summed E-state index contributed by atoms with van der Waals surface area (Å²) >= 11 is 0. The number of likely N-dealkylation sites (tertiary alicyclic amines) is 1.